The van der Waals surface area contributed by atoms with Crippen molar-refractivity contribution in [3.05, 3.63) is 0 Å². The Labute approximate surface area is 60.8 Å². The molecule has 1 fully saturated rings. The molecule has 1 aliphatic rings. The van der Waals surface area contributed by atoms with Gasteiger partial charge in [-0.25, -0.2) is 0 Å². The molecule has 54 valence electrons. The molecule has 0 bridgehead atoms. The average Bonchev–Trinajstić information content (AvgIpc) is 2.66. The molecule has 1 aliphatic carbocycles. The molecule has 0 aliphatic heterocycles. The molecule has 0 atom stereocenters. The third kappa shape index (κ3) is 2.14. The zero-order chi connectivity index (χ0) is 7.61. The van der Waals surface area contributed by atoms with Gasteiger partial charge < -0.3 is 0 Å². The van der Waals surface area contributed by atoms with Crippen molar-refractivity contribution in [1.29, 1.82) is 5.26 Å². The van der Waals surface area contributed by atoms with Gasteiger partial charge in [0.15, 0.2) is 5.54 Å². The minimum absolute atomic E-state index is 0.424. The minimum Gasteiger partial charge on any atom is -0.196 e. The fourth-order valence-corrected chi connectivity index (χ4v) is 0.438. The van der Waals surface area contributed by atoms with Crippen molar-refractivity contribution in [2.45, 2.75) is 38.3 Å². The highest BCUT2D eigenvalue weighted by Crippen LogP contribution is 2.25. The van der Waals surface area contributed by atoms with Gasteiger partial charge in [0.25, 0.3) is 0 Å². The largest absolute Gasteiger partial charge is 0.196 e. The van der Waals surface area contributed by atoms with Crippen molar-refractivity contribution in [2.75, 3.05) is 0 Å². The number of nitrogens with zero attached hydrogens (tertiary/aromatic N) is 3. The first kappa shape index (κ1) is 7.20. The fourth-order valence-electron chi connectivity index (χ4n) is 0.438. The highest BCUT2D eigenvalue weighted by Gasteiger charge is 2.22. The van der Waals surface area contributed by atoms with E-state index in [4.69, 9.17) is 5.26 Å². The van der Waals surface area contributed by atoms with E-state index in [2.05, 4.69) is 16.3 Å². The molecule has 0 radical (unpaired) electrons. The van der Waals surface area contributed by atoms with Gasteiger partial charge in [0.05, 0.1) is 12.1 Å². The Kier molecular flexibility index (Phi) is 1.71. The van der Waals surface area contributed by atoms with E-state index in [1.165, 1.54) is 0 Å². The Morgan fingerprint density at radius 3 is 2.50 bits per heavy atom. The summed E-state index contributed by atoms with van der Waals surface area (Å²) in [5, 5.41) is 16.4. The van der Waals surface area contributed by atoms with Crippen molar-refractivity contribution in [3.8, 4) is 6.07 Å². The molecule has 1 rings (SSSR count). The first-order valence-electron chi connectivity index (χ1n) is 3.47. The van der Waals surface area contributed by atoms with Crippen molar-refractivity contribution >= 4 is 0 Å². The Bertz CT molecular complexity index is 184. The lowest BCUT2D eigenvalue weighted by molar-refractivity contribution is 0.611. The smallest absolute Gasteiger partial charge is 0.161 e. The average molecular weight is 137 g/mol. The summed E-state index contributed by atoms with van der Waals surface area (Å²) in [4.78, 5) is 0. The van der Waals surface area contributed by atoms with Gasteiger partial charge in [-0.3, -0.25) is 0 Å². The summed E-state index contributed by atoms with van der Waals surface area (Å²) in [5.74, 6) is 0. The number of nitriles is 1. The van der Waals surface area contributed by atoms with Gasteiger partial charge >= 0.3 is 0 Å². The summed E-state index contributed by atoms with van der Waals surface area (Å²) in [6.45, 7) is 3.53. The second kappa shape index (κ2) is 2.37. The van der Waals surface area contributed by atoms with Crippen molar-refractivity contribution in [1.82, 2.24) is 0 Å². The summed E-state index contributed by atoms with van der Waals surface area (Å²) < 4.78 is 0. The molecule has 0 spiro atoms. The lowest BCUT2D eigenvalue weighted by Crippen LogP contribution is -2.11. The summed E-state index contributed by atoms with van der Waals surface area (Å²) >= 11 is 0. The molecule has 0 N–H and O–H groups in total. The molecule has 0 aromatic carbocycles. The molecule has 0 amide bonds. The second-order valence-electron chi connectivity index (χ2n) is 3.12. The predicted molar refractivity (Wildman–Crippen MR) is 37.6 cm³/mol. The summed E-state index contributed by atoms with van der Waals surface area (Å²) in [5.41, 5.74) is -0.622. The molecule has 0 aromatic rings. The van der Waals surface area contributed by atoms with Crippen LogP contribution in [0.15, 0.2) is 10.2 Å². The molecule has 0 aromatic heterocycles. The van der Waals surface area contributed by atoms with Crippen LogP contribution in [0.25, 0.3) is 0 Å². The van der Waals surface area contributed by atoms with Crippen LogP contribution >= 0.6 is 0 Å². The van der Waals surface area contributed by atoms with Crippen LogP contribution in [0, 0.1) is 11.3 Å². The van der Waals surface area contributed by atoms with E-state index in [9.17, 15) is 0 Å². The number of azo groups is 1. The van der Waals surface area contributed by atoms with E-state index in [0.29, 0.717) is 6.04 Å². The van der Waals surface area contributed by atoms with Crippen LogP contribution in [0.4, 0.5) is 0 Å². The third-order valence-electron chi connectivity index (χ3n) is 1.29. The SMILES string of the molecule is CC(C)(C#N)/N=N/C1CC1. The van der Waals surface area contributed by atoms with Crippen molar-refractivity contribution in [2.24, 2.45) is 10.2 Å². The molecule has 3 nitrogen and oxygen atoms in total. The van der Waals surface area contributed by atoms with Gasteiger partial charge in [-0.1, -0.05) is 0 Å². The summed E-state index contributed by atoms with van der Waals surface area (Å²) in [7, 11) is 0. The van der Waals surface area contributed by atoms with E-state index < -0.39 is 5.54 Å². The first-order chi connectivity index (χ1) is 4.64. The number of hydrogen-bond acceptors (Lipinski definition) is 3. The van der Waals surface area contributed by atoms with Crippen LogP contribution in [0.1, 0.15) is 26.7 Å². The minimum atomic E-state index is -0.622. The lowest BCUT2D eigenvalue weighted by atomic mass is 10.1. The number of rotatable bonds is 2. The lowest BCUT2D eigenvalue weighted by Gasteiger charge is -2.04. The first-order valence-corrected chi connectivity index (χ1v) is 3.47. The molecular formula is C7H11N3. The molecule has 0 unspecified atom stereocenters. The summed E-state index contributed by atoms with van der Waals surface area (Å²) in [6, 6.07) is 2.49. The van der Waals surface area contributed by atoms with Gasteiger partial charge in [-0.2, -0.15) is 15.5 Å². The Balaban J connectivity index is 2.42. The van der Waals surface area contributed by atoms with E-state index in [1.54, 1.807) is 13.8 Å². The molecule has 1 saturated carbocycles. The fraction of sp³-hybridized carbons (Fsp3) is 0.857. The molecule has 10 heavy (non-hydrogen) atoms. The normalized spacial score (nSPS) is 19.3. The van der Waals surface area contributed by atoms with Crippen LogP contribution in [-0.2, 0) is 0 Å². The van der Waals surface area contributed by atoms with E-state index in [1.807, 2.05) is 0 Å². The van der Waals surface area contributed by atoms with Crippen LogP contribution in [-0.4, -0.2) is 11.6 Å². The van der Waals surface area contributed by atoms with Crippen LogP contribution in [0.2, 0.25) is 0 Å². The highest BCUT2D eigenvalue weighted by molar-refractivity contribution is 4.99. The maximum atomic E-state index is 8.52. The van der Waals surface area contributed by atoms with Crippen molar-refractivity contribution < 1.29 is 0 Å². The maximum absolute atomic E-state index is 8.52. The number of hydrogen-bond donors (Lipinski definition) is 0. The quantitative estimate of drug-likeness (QED) is 0.536. The van der Waals surface area contributed by atoms with Crippen LogP contribution < -0.4 is 0 Å². The van der Waals surface area contributed by atoms with Gasteiger partial charge in [0.2, 0.25) is 0 Å². The molecule has 0 saturated heterocycles. The van der Waals surface area contributed by atoms with Crippen molar-refractivity contribution in [3.63, 3.8) is 0 Å². The van der Waals surface area contributed by atoms with Gasteiger partial charge in [-0.15, -0.1) is 0 Å². The van der Waals surface area contributed by atoms with E-state index >= 15 is 0 Å². The third-order valence-corrected chi connectivity index (χ3v) is 1.29. The zero-order valence-electron chi connectivity index (χ0n) is 6.33. The highest BCUT2D eigenvalue weighted by atomic mass is 15.2. The zero-order valence-corrected chi connectivity index (χ0v) is 6.33. The molecular weight excluding hydrogens is 126 g/mol. The molecule has 3 heteroatoms. The Morgan fingerprint density at radius 2 is 2.10 bits per heavy atom. The van der Waals surface area contributed by atoms with Crippen LogP contribution in [0.5, 0.6) is 0 Å². The van der Waals surface area contributed by atoms with Gasteiger partial charge in [0, 0.05) is 0 Å². The van der Waals surface area contributed by atoms with Crippen LogP contribution in [0.3, 0.4) is 0 Å². The Hall–Kier alpha value is -0.910. The maximum Gasteiger partial charge on any atom is 0.161 e. The van der Waals surface area contributed by atoms with E-state index in [-0.39, 0.29) is 0 Å². The Morgan fingerprint density at radius 1 is 1.50 bits per heavy atom. The second-order valence-corrected chi connectivity index (χ2v) is 3.12. The van der Waals surface area contributed by atoms with Gasteiger partial charge in [-0.05, 0) is 26.7 Å². The topological polar surface area (TPSA) is 48.5 Å². The van der Waals surface area contributed by atoms with Gasteiger partial charge in [0.1, 0.15) is 0 Å². The standard InChI is InChI=1S/C7H11N3/c1-7(2,5-8)10-9-6-3-4-6/h6H,3-4H2,1-2H3/b10-9+. The summed E-state index contributed by atoms with van der Waals surface area (Å²) in [6.07, 6.45) is 2.29. The van der Waals surface area contributed by atoms with E-state index in [0.717, 1.165) is 12.8 Å². The predicted octanol–water partition coefficient (Wildman–Crippen LogP) is 1.90. The molecule has 0 heterocycles. The monoisotopic (exact) mass is 137 g/mol.